The van der Waals surface area contributed by atoms with Gasteiger partial charge in [0.15, 0.2) is 5.82 Å². The van der Waals surface area contributed by atoms with Crippen molar-refractivity contribution in [3.63, 3.8) is 0 Å². The summed E-state index contributed by atoms with van der Waals surface area (Å²) < 4.78 is 0. The molecule has 5 heteroatoms. The number of aliphatic hydroxyl groups is 1. The summed E-state index contributed by atoms with van der Waals surface area (Å²) in [6.07, 6.45) is 4.57. The van der Waals surface area contributed by atoms with Crippen molar-refractivity contribution in [1.29, 1.82) is 0 Å². The maximum absolute atomic E-state index is 9.82. The molecule has 2 heterocycles. The zero-order valence-electron chi connectivity index (χ0n) is 8.65. The van der Waals surface area contributed by atoms with E-state index in [1.54, 1.807) is 6.20 Å². The van der Waals surface area contributed by atoms with Crippen LogP contribution in [-0.2, 0) is 0 Å². The Morgan fingerprint density at radius 3 is 2.73 bits per heavy atom. The first-order chi connectivity index (χ1) is 7.08. The first-order valence-electron chi connectivity index (χ1n) is 5.01. The third-order valence-corrected chi connectivity index (χ3v) is 3.05. The number of aromatic nitrogens is 2. The predicted octanol–water partition coefficient (Wildman–Crippen LogP) is 1.48. The van der Waals surface area contributed by atoms with Gasteiger partial charge in [-0.05, 0) is 19.8 Å². The summed E-state index contributed by atoms with van der Waals surface area (Å²) in [7, 11) is 0. The number of halogens is 1. The van der Waals surface area contributed by atoms with E-state index < -0.39 is 5.60 Å². The second-order valence-corrected chi connectivity index (χ2v) is 4.59. The van der Waals surface area contributed by atoms with Gasteiger partial charge >= 0.3 is 0 Å². The van der Waals surface area contributed by atoms with Crippen LogP contribution in [0.25, 0.3) is 0 Å². The second kappa shape index (κ2) is 3.94. The molecule has 1 aliphatic rings. The van der Waals surface area contributed by atoms with E-state index in [2.05, 4.69) is 14.9 Å². The quantitative estimate of drug-likeness (QED) is 0.790. The fraction of sp³-hybridized carbons (Fsp3) is 0.600. The van der Waals surface area contributed by atoms with Gasteiger partial charge in [0.1, 0.15) is 11.3 Å². The van der Waals surface area contributed by atoms with Gasteiger partial charge in [0.2, 0.25) is 0 Å². The van der Waals surface area contributed by atoms with Gasteiger partial charge in [0.05, 0.1) is 11.8 Å². The van der Waals surface area contributed by atoms with Gasteiger partial charge in [0.25, 0.3) is 0 Å². The lowest BCUT2D eigenvalue weighted by atomic mass is 9.94. The van der Waals surface area contributed by atoms with Gasteiger partial charge < -0.3 is 10.0 Å². The van der Waals surface area contributed by atoms with E-state index in [0.717, 1.165) is 31.7 Å². The minimum absolute atomic E-state index is 0.546. The molecule has 0 saturated carbocycles. The van der Waals surface area contributed by atoms with E-state index in [-0.39, 0.29) is 0 Å². The fourth-order valence-electron chi connectivity index (χ4n) is 1.74. The van der Waals surface area contributed by atoms with E-state index in [9.17, 15) is 5.11 Å². The number of anilines is 1. The van der Waals surface area contributed by atoms with E-state index in [0.29, 0.717) is 5.02 Å². The Labute approximate surface area is 93.9 Å². The first-order valence-corrected chi connectivity index (χ1v) is 5.39. The Hall–Kier alpha value is -0.870. The SMILES string of the molecule is CC1(O)CCN(c2ncncc2Cl)CC1. The van der Waals surface area contributed by atoms with Crippen LogP contribution in [0.3, 0.4) is 0 Å². The van der Waals surface area contributed by atoms with Crippen molar-refractivity contribution in [2.45, 2.75) is 25.4 Å². The highest BCUT2D eigenvalue weighted by Gasteiger charge is 2.28. The lowest BCUT2D eigenvalue weighted by Crippen LogP contribution is -2.42. The van der Waals surface area contributed by atoms with E-state index in [1.807, 2.05) is 6.92 Å². The molecule has 1 fully saturated rings. The van der Waals surface area contributed by atoms with Crippen LogP contribution in [0.5, 0.6) is 0 Å². The topological polar surface area (TPSA) is 49.2 Å². The van der Waals surface area contributed by atoms with Crippen molar-refractivity contribution in [3.05, 3.63) is 17.5 Å². The molecule has 82 valence electrons. The molecule has 1 aromatic heterocycles. The van der Waals surface area contributed by atoms with Crippen LogP contribution in [0.4, 0.5) is 5.82 Å². The Morgan fingerprint density at radius 1 is 1.47 bits per heavy atom. The summed E-state index contributed by atoms with van der Waals surface area (Å²) in [5.41, 5.74) is -0.546. The summed E-state index contributed by atoms with van der Waals surface area (Å²) in [5, 5.41) is 10.4. The summed E-state index contributed by atoms with van der Waals surface area (Å²) >= 11 is 6.00. The molecule has 1 N–H and O–H groups in total. The third kappa shape index (κ3) is 2.38. The molecule has 0 amide bonds. The summed E-state index contributed by atoms with van der Waals surface area (Å²) in [6.45, 7) is 3.43. The number of hydrogen-bond acceptors (Lipinski definition) is 4. The smallest absolute Gasteiger partial charge is 0.150 e. The average Bonchev–Trinajstić information content (AvgIpc) is 2.19. The molecule has 0 spiro atoms. The lowest BCUT2D eigenvalue weighted by molar-refractivity contribution is 0.0350. The number of rotatable bonds is 1. The van der Waals surface area contributed by atoms with Crippen molar-refractivity contribution < 1.29 is 5.11 Å². The molecule has 0 bridgehead atoms. The number of hydrogen-bond donors (Lipinski definition) is 1. The molecular formula is C10H14ClN3O. The molecule has 0 radical (unpaired) electrons. The molecule has 0 atom stereocenters. The molecule has 15 heavy (non-hydrogen) atoms. The van der Waals surface area contributed by atoms with Gasteiger partial charge in [-0.1, -0.05) is 11.6 Å². The lowest BCUT2D eigenvalue weighted by Gasteiger charge is -2.36. The van der Waals surface area contributed by atoms with Crippen LogP contribution in [-0.4, -0.2) is 33.8 Å². The minimum atomic E-state index is -0.546. The number of piperidine rings is 1. The predicted molar refractivity (Wildman–Crippen MR) is 59.1 cm³/mol. The molecular weight excluding hydrogens is 214 g/mol. The first kappa shape index (κ1) is 10.6. The van der Waals surface area contributed by atoms with Crippen LogP contribution in [0.2, 0.25) is 5.02 Å². The van der Waals surface area contributed by atoms with Crippen molar-refractivity contribution in [2.24, 2.45) is 0 Å². The van der Waals surface area contributed by atoms with Crippen LogP contribution in [0.1, 0.15) is 19.8 Å². The van der Waals surface area contributed by atoms with Crippen molar-refractivity contribution in [2.75, 3.05) is 18.0 Å². The molecule has 0 aromatic carbocycles. The Morgan fingerprint density at radius 2 is 2.13 bits per heavy atom. The Balaban J connectivity index is 2.11. The van der Waals surface area contributed by atoms with Crippen molar-refractivity contribution in [3.8, 4) is 0 Å². The second-order valence-electron chi connectivity index (χ2n) is 4.18. The third-order valence-electron chi connectivity index (χ3n) is 2.79. The molecule has 1 saturated heterocycles. The molecule has 2 rings (SSSR count). The van der Waals surface area contributed by atoms with Gasteiger partial charge in [-0.3, -0.25) is 0 Å². The average molecular weight is 228 g/mol. The molecule has 0 unspecified atom stereocenters. The molecule has 4 nitrogen and oxygen atoms in total. The molecule has 1 aromatic rings. The fourth-order valence-corrected chi connectivity index (χ4v) is 1.96. The Kier molecular flexibility index (Phi) is 2.80. The van der Waals surface area contributed by atoms with Gasteiger partial charge in [-0.25, -0.2) is 9.97 Å². The van der Waals surface area contributed by atoms with Crippen LogP contribution in [0.15, 0.2) is 12.5 Å². The zero-order chi connectivity index (χ0) is 10.9. The maximum Gasteiger partial charge on any atom is 0.150 e. The van der Waals surface area contributed by atoms with Gasteiger partial charge in [0, 0.05) is 13.1 Å². The van der Waals surface area contributed by atoms with E-state index in [1.165, 1.54) is 6.33 Å². The minimum Gasteiger partial charge on any atom is -0.390 e. The van der Waals surface area contributed by atoms with E-state index >= 15 is 0 Å². The van der Waals surface area contributed by atoms with E-state index in [4.69, 9.17) is 11.6 Å². The maximum atomic E-state index is 9.82. The number of nitrogens with zero attached hydrogens (tertiary/aromatic N) is 3. The molecule has 0 aliphatic carbocycles. The summed E-state index contributed by atoms with van der Waals surface area (Å²) in [5.74, 6) is 0.766. The van der Waals surface area contributed by atoms with Crippen molar-refractivity contribution >= 4 is 17.4 Å². The zero-order valence-corrected chi connectivity index (χ0v) is 9.41. The summed E-state index contributed by atoms with van der Waals surface area (Å²) in [4.78, 5) is 10.1. The van der Waals surface area contributed by atoms with Crippen LogP contribution in [0, 0.1) is 0 Å². The highest BCUT2D eigenvalue weighted by molar-refractivity contribution is 6.32. The largest absolute Gasteiger partial charge is 0.390 e. The molecule has 1 aliphatic heterocycles. The van der Waals surface area contributed by atoms with Gasteiger partial charge in [-0.15, -0.1) is 0 Å². The van der Waals surface area contributed by atoms with Crippen LogP contribution < -0.4 is 4.90 Å². The summed E-state index contributed by atoms with van der Waals surface area (Å²) in [6, 6.07) is 0. The van der Waals surface area contributed by atoms with Gasteiger partial charge in [-0.2, -0.15) is 0 Å². The monoisotopic (exact) mass is 227 g/mol. The normalized spacial score (nSPS) is 20.3. The van der Waals surface area contributed by atoms with Crippen LogP contribution >= 0.6 is 11.6 Å². The standard InChI is InChI=1S/C10H14ClN3O/c1-10(15)2-4-14(5-3-10)9-8(11)6-12-7-13-9/h6-7,15H,2-5H2,1H3. The highest BCUT2D eigenvalue weighted by Crippen LogP contribution is 2.28. The Bertz CT molecular complexity index is 346. The highest BCUT2D eigenvalue weighted by atomic mass is 35.5. The van der Waals surface area contributed by atoms with Crippen molar-refractivity contribution in [1.82, 2.24) is 9.97 Å².